The van der Waals surface area contributed by atoms with Crippen LogP contribution in [0.15, 0.2) is 36.4 Å². The molecular weight excluding hydrogens is 196 g/mol. The minimum absolute atomic E-state index is 0.347. The Hall–Kier alpha value is -1.76. The number of phenolic OH excluding ortho intramolecular Hbond substituents is 1. The normalized spacial score (nSPS) is 10.4. The van der Waals surface area contributed by atoms with E-state index in [2.05, 4.69) is 32.9 Å². The zero-order chi connectivity index (χ0) is 11.7. The van der Waals surface area contributed by atoms with Gasteiger partial charge in [-0.05, 0) is 49.1 Å². The number of benzene rings is 2. The molecule has 0 heterocycles. The molecule has 0 spiro atoms. The smallest absolute Gasteiger partial charge is 0.123 e. The van der Waals surface area contributed by atoms with E-state index in [1.807, 2.05) is 18.2 Å². The van der Waals surface area contributed by atoms with Crippen molar-refractivity contribution in [3.8, 4) is 16.9 Å². The van der Waals surface area contributed by atoms with Crippen molar-refractivity contribution in [2.75, 3.05) is 0 Å². The quantitative estimate of drug-likeness (QED) is 0.758. The standard InChI is InChI=1S/C15H16O/c1-10-8-9-11(2)15(12(10)3)13-6-4-5-7-14(13)16/h4-9,16H,1-3H3. The van der Waals surface area contributed by atoms with Gasteiger partial charge in [0, 0.05) is 5.56 Å². The van der Waals surface area contributed by atoms with Crippen LogP contribution in [0, 0.1) is 20.8 Å². The first-order valence-electron chi connectivity index (χ1n) is 5.46. The summed E-state index contributed by atoms with van der Waals surface area (Å²) in [7, 11) is 0. The highest BCUT2D eigenvalue weighted by Gasteiger charge is 2.10. The van der Waals surface area contributed by atoms with Gasteiger partial charge in [0.1, 0.15) is 5.75 Å². The van der Waals surface area contributed by atoms with Gasteiger partial charge in [-0.2, -0.15) is 0 Å². The van der Waals surface area contributed by atoms with E-state index in [0.29, 0.717) is 5.75 Å². The van der Waals surface area contributed by atoms with Gasteiger partial charge in [-0.1, -0.05) is 30.3 Å². The Morgan fingerprint density at radius 1 is 0.812 bits per heavy atom. The average Bonchev–Trinajstić information content (AvgIpc) is 2.27. The molecule has 16 heavy (non-hydrogen) atoms. The van der Waals surface area contributed by atoms with E-state index in [4.69, 9.17) is 0 Å². The van der Waals surface area contributed by atoms with Gasteiger partial charge in [-0.25, -0.2) is 0 Å². The number of phenols is 1. The first-order valence-corrected chi connectivity index (χ1v) is 5.46. The van der Waals surface area contributed by atoms with Crippen molar-refractivity contribution in [2.45, 2.75) is 20.8 Å². The summed E-state index contributed by atoms with van der Waals surface area (Å²) in [6.07, 6.45) is 0. The summed E-state index contributed by atoms with van der Waals surface area (Å²) in [5, 5.41) is 9.90. The summed E-state index contributed by atoms with van der Waals surface area (Å²) < 4.78 is 0. The summed E-state index contributed by atoms with van der Waals surface area (Å²) in [6, 6.07) is 11.7. The largest absolute Gasteiger partial charge is 0.507 e. The van der Waals surface area contributed by atoms with Crippen LogP contribution in [-0.4, -0.2) is 5.11 Å². The molecule has 2 aromatic rings. The molecule has 2 rings (SSSR count). The predicted octanol–water partition coefficient (Wildman–Crippen LogP) is 3.98. The van der Waals surface area contributed by atoms with E-state index < -0.39 is 0 Å². The average molecular weight is 212 g/mol. The monoisotopic (exact) mass is 212 g/mol. The number of aromatic hydroxyl groups is 1. The van der Waals surface area contributed by atoms with E-state index >= 15 is 0 Å². The van der Waals surface area contributed by atoms with E-state index in [-0.39, 0.29) is 0 Å². The maximum atomic E-state index is 9.90. The maximum Gasteiger partial charge on any atom is 0.123 e. The van der Waals surface area contributed by atoms with Gasteiger partial charge >= 0.3 is 0 Å². The molecule has 1 N–H and O–H groups in total. The molecule has 1 nitrogen and oxygen atoms in total. The third-order valence-corrected chi connectivity index (χ3v) is 3.12. The van der Waals surface area contributed by atoms with Gasteiger partial charge in [-0.15, -0.1) is 0 Å². The fraction of sp³-hybridized carbons (Fsp3) is 0.200. The minimum Gasteiger partial charge on any atom is -0.507 e. The lowest BCUT2D eigenvalue weighted by Gasteiger charge is -2.13. The lowest BCUT2D eigenvalue weighted by atomic mass is 9.92. The Morgan fingerprint density at radius 2 is 1.44 bits per heavy atom. The van der Waals surface area contributed by atoms with Crippen molar-refractivity contribution in [2.24, 2.45) is 0 Å². The zero-order valence-electron chi connectivity index (χ0n) is 9.91. The van der Waals surface area contributed by atoms with Gasteiger partial charge < -0.3 is 5.11 Å². The van der Waals surface area contributed by atoms with Crippen LogP contribution in [0.3, 0.4) is 0 Å². The van der Waals surface area contributed by atoms with E-state index in [1.54, 1.807) is 6.07 Å². The molecule has 1 heteroatoms. The molecule has 0 saturated heterocycles. The van der Waals surface area contributed by atoms with Gasteiger partial charge in [-0.3, -0.25) is 0 Å². The maximum absolute atomic E-state index is 9.90. The van der Waals surface area contributed by atoms with Crippen molar-refractivity contribution < 1.29 is 5.11 Å². The third-order valence-electron chi connectivity index (χ3n) is 3.12. The second kappa shape index (κ2) is 4.01. The van der Waals surface area contributed by atoms with E-state index in [1.165, 1.54) is 16.7 Å². The van der Waals surface area contributed by atoms with Crippen molar-refractivity contribution >= 4 is 0 Å². The molecular formula is C15H16O. The Morgan fingerprint density at radius 3 is 2.12 bits per heavy atom. The highest BCUT2D eigenvalue weighted by atomic mass is 16.3. The molecule has 0 unspecified atom stereocenters. The third kappa shape index (κ3) is 1.69. The summed E-state index contributed by atoms with van der Waals surface area (Å²) >= 11 is 0. The van der Waals surface area contributed by atoms with Crippen LogP contribution in [0.4, 0.5) is 0 Å². The molecule has 0 atom stereocenters. The first-order chi connectivity index (χ1) is 7.61. The molecule has 0 saturated carbocycles. The molecule has 0 aliphatic heterocycles. The molecule has 0 fully saturated rings. The minimum atomic E-state index is 0.347. The molecule has 0 aromatic heterocycles. The lowest BCUT2D eigenvalue weighted by Crippen LogP contribution is -1.91. The Labute approximate surface area is 96.4 Å². The van der Waals surface area contributed by atoms with E-state index in [9.17, 15) is 5.11 Å². The van der Waals surface area contributed by atoms with Crippen LogP contribution in [0.2, 0.25) is 0 Å². The van der Waals surface area contributed by atoms with Crippen molar-refractivity contribution in [1.29, 1.82) is 0 Å². The summed E-state index contributed by atoms with van der Waals surface area (Å²) in [5.41, 5.74) is 5.76. The fourth-order valence-electron chi connectivity index (χ4n) is 2.05. The topological polar surface area (TPSA) is 20.2 Å². The predicted molar refractivity (Wildman–Crippen MR) is 67.8 cm³/mol. The van der Waals surface area contributed by atoms with Gasteiger partial charge in [0.25, 0.3) is 0 Å². The number of aryl methyl sites for hydroxylation is 2. The molecule has 2 aromatic carbocycles. The lowest BCUT2D eigenvalue weighted by molar-refractivity contribution is 0.477. The number of hydrogen-bond acceptors (Lipinski definition) is 1. The Bertz CT molecular complexity index is 527. The summed E-state index contributed by atoms with van der Waals surface area (Å²) in [6.45, 7) is 6.27. The molecule has 0 amide bonds. The molecule has 0 radical (unpaired) electrons. The van der Waals surface area contributed by atoms with Crippen molar-refractivity contribution in [3.63, 3.8) is 0 Å². The van der Waals surface area contributed by atoms with Gasteiger partial charge in [0.15, 0.2) is 0 Å². The molecule has 0 aliphatic carbocycles. The van der Waals surface area contributed by atoms with E-state index in [0.717, 1.165) is 11.1 Å². The Kier molecular flexibility index (Phi) is 2.69. The fourth-order valence-corrected chi connectivity index (χ4v) is 2.05. The Balaban J connectivity index is 2.74. The first kappa shape index (κ1) is 10.7. The van der Waals surface area contributed by atoms with Crippen LogP contribution >= 0.6 is 0 Å². The second-order valence-corrected chi connectivity index (χ2v) is 4.22. The highest BCUT2D eigenvalue weighted by Crippen LogP contribution is 2.34. The van der Waals surface area contributed by atoms with Crippen molar-refractivity contribution in [3.05, 3.63) is 53.1 Å². The summed E-state index contributed by atoms with van der Waals surface area (Å²) in [4.78, 5) is 0. The SMILES string of the molecule is Cc1ccc(C)c(-c2ccccc2O)c1C. The van der Waals surface area contributed by atoms with Crippen LogP contribution in [0.5, 0.6) is 5.75 Å². The highest BCUT2D eigenvalue weighted by molar-refractivity contribution is 5.76. The number of para-hydroxylation sites is 1. The van der Waals surface area contributed by atoms with Crippen LogP contribution in [0.1, 0.15) is 16.7 Å². The number of rotatable bonds is 1. The van der Waals surface area contributed by atoms with Gasteiger partial charge in [0.05, 0.1) is 0 Å². The number of hydrogen-bond donors (Lipinski definition) is 1. The molecule has 0 aliphatic rings. The molecule has 82 valence electrons. The van der Waals surface area contributed by atoms with Gasteiger partial charge in [0.2, 0.25) is 0 Å². The van der Waals surface area contributed by atoms with Crippen LogP contribution < -0.4 is 0 Å². The molecule has 0 bridgehead atoms. The summed E-state index contributed by atoms with van der Waals surface area (Å²) in [5.74, 6) is 0.347. The van der Waals surface area contributed by atoms with Crippen LogP contribution in [0.25, 0.3) is 11.1 Å². The van der Waals surface area contributed by atoms with Crippen LogP contribution in [-0.2, 0) is 0 Å². The van der Waals surface area contributed by atoms with Crippen molar-refractivity contribution in [1.82, 2.24) is 0 Å². The zero-order valence-corrected chi connectivity index (χ0v) is 9.91. The second-order valence-electron chi connectivity index (χ2n) is 4.22.